The number of ether oxygens (including phenoxy) is 2. The number of benzene rings is 1. The van der Waals surface area contributed by atoms with Crippen molar-refractivity contribution in [2.45, 2.75) is 19.4 Å². The quantitative estimate of drug-likeness (QED) is 0.642. The highest BCUT2D eigenvalue weighted by Crippen LogP contribution is 2.24. The number of H-pyrrole nitrogens is 1. The number of carbonyl (C=O) groups is 1. The van der Waals surface area contributed by atoms with Crippen molar-refractivity contribution < 1.29 is 14.3 Å². The minimum Gasteiger partial charge on any atom is -0.493 e. The number of aromatic nitrogens is 3. The summed E-state index contributed by atoms with van der Waals surface area (Å²) < 4.78 is 11.6. The SMILES string of the molecule is Cc1ncsc1C(=O)N1CCO[C@H](c2cc(CCOc3cccc(Cl)c3)[nH]n2)C1. The molecule has 1 N–H and O–H groups in total. The van der Waals surface area contributed by atoms with Crippen molar-refractivity contribution >= 4 is 28.8 Å². The van der Waals surface area contributed by atoms with Crippen LogP contribution in [-0.4, -0.2) is 52.3 Å². The zero-order valence-electron chi connectivity index (χ0n) is 15.9. The summed E-state index contributed by atoms with van der Waals surface area (Å²) in [5.74, 6) is 0.740. The molecule has 1 amide bonds. The van der Waals surface area contributed by atoms with Crippen molar-refractivity contribution in [3.05, 3.63) is 62.8 Å². The van der Waals surface area contributed by atoms with E-state index in [-0.39, 0.29) is 12.0 Å². The van der Waals surface area contributed by atoms with Crippen LogP contribution in [-0.2, 0) is 11.2 Å². The second-order valence-electron chi connectivity index (χ2n) is 6.75. The number of carbonyl (C=O) groups excluding carboxylic acids is 1. The second-order valence-corrected chi connectivity index (χ2v) is 8.04. The molecule has 1 fully saturated rings. The Morgan fingerprint density at radius 2 is 2.34 bits per heavy atom. The molecule has 1 aliphatic rings. The van der Waals surface area contributed by atoms with E-state index in [1.807, 2.05) is 36.1 Å². The van der Waals surface area contributed by atoms with Crippen LogP contribution < -0.4 is 4.74 Å². The Morgan fingerprint density at radius 3 is 3.14 bits per heavy atom. The van der Waals surface area contributed by atoms with Crippen molar-refractivity contribution in [3.8, 4) is 5.75 Å². The molecule has 1 aromatic carbocycles. The maximum atomic E-state index is 12.8. The lowest BCUT2D eigenvalue weighted by Crippen LogP contribution is -2.42. The van der Waals surface area contributed by atoms with Gasteiger partial charge in [-0.05, 0) is 31.2 Å². The van der Waals surface area contributed by atoms with Crippen LogP contribution in [0.5, 0.6) is 5.75 Å². The number of aryl methyl sites for hydroxylation is 1. The number of amides is 1. The number of aromatic amines is 1. The predicted molar refractivity (Wildman–Crippen MR) is 111 cm³/mol. The van der Waals surface area contributed by atoms with Crippen LogP contribution in [0.4, 0.5) is 0 Å². The standard InChI is InChI=1S/C20H21ClN4O3S/c1-13-19(29-12-22-13)20(26)25-6-8-28-18(11-25)17-10-15(23-24-17)5-7-27-16-4-2-3-14(21)9-16/h2-4,9-10,12,18H,5-8,11H2,1H3,(H,23,24)/t18-/m0/s1. The fourth-order valence-electron chi connectivity index (χ4n) is 3.17. The molecule has 9 heteroatoms. The van der Waals surface area contributed by atoms with Crippen LogP contribution in [0.3, 0.4) is 0 Å². The molecule has 3 aromatic rings. The first kappa shape index (κ1) is 19.9. The van der Waals surface area contributed by atoms with Gasteiger partial charge in [0.15, 0.2) is 0 Å². The molecule has 0 radical (unpaired) electrons. The van der Waals surface area contributed by atoms with Gasteiger partial charge in [0.25, 0.3) is 5.91 Å². The Morgan fingerprint density at radius 1 is 1.45 bits per heavy atom. The van der Waals surface area contributed by atoms with Gasteiger partial charge in [-0.2, -0.15) is 5.10 Å². The summed E-state index contributed by atoms with van der Waals surface area (Å²) in [5, 5.41) is 8.06. The van der Waals surface area contributed by atoms with E-state index in [1.165, 1.54) is 11.3 Å². The Hall–Kier alpha value is -2.42. The number of morpholine rings is 1. The smallest absolute Gasteiger partial charge is 0.266 e. The fourth-order valence-corrected chi connectivity index (χ4v) is 4.12. The number of thiazole rings is 1. The highest BCUT2D eigenvalue weighted by Gasteiger charge is 2.29. The Bertz CT molecular complexity index is 990. The Kier molecular flexibility index (Phi) is 6.13. The lowest BCUT2D eigenvalue weighted by atomic mass is 10.1. The van der Waals surface area contributed by atoms with Gasteiger partial charge < -0.3 is 14.4 Å². The Balaban J connectivity index is 1.33. The van der Waals surface area contributed by atoms with Gasteiger partial charge in [0.05, 0.1) is 36.7 Å². The van der Waals surface area contributed by atoms with E-state index in [0.717, 1.165) is 22.8 Å². The summed E-state index contributed by atoms with van der Waals surface area (Å²) in [6.45, 7) is 3.88. The van der Waals surface area contributed by atoms with Crippen molar-refractivity contribution in [2.24, 2.45) is 0 Å². The molecule has 7 nitrogen and oxygen atoms in total. The molecule has 1 aliphatic heterocycles. The number of hydrogen-bond acceptors (Lipinski definition) is 6. The molecule has 152 valence electrons. The lowest BCUT2D eigenvalue weighted by molar-refractivity contribution is -0.0246. The summed E-state index contributed by atoms with van der Waals surface area (Å²) in [5.41, 5.74) is 4.21. The first-order valence-electron chi connectivity index (χ1n) is 9.33. The maximum absolute atomic E-state index is 12.8. The van der Waals surface area contributed by atoms with Crippen molar-refractivity contribution in [1.29, 1.82) is 0 Å². The van der Waals surface area contributed by atoms with Gasteiger partial charge in [0.2, 0.25) is 0 Å². The monoisotopic (exact) mass is 432 g/mol. The summed E-state index contributed by atoms with van der Waals surface area (Å²) in [7, 11) is 0. The van der Waals surface area contributed by atoms with E-state index in [2.05, 4.69) is 15.2 Å². The molecule has 0 unspecified atom stereocenters. The van der Waals surface area contributed by atoms with Gasteiger partial charge in [0, 0.05) is 23.7 Å². The second kappa shape index (κ2) is 8.94. The lowest BCUT2D eigenvalue weighted by Gasteiger charge is -2.31. The van der Waals surface area contributed by atoms with Crippen molar-refractivity contribution in [1.82, 2.24) is 20.1 Å². The minimum absolute atomic E-state index is 0.00369. The van der Waals surface area contributed by atoms with E-state index in [1.54, 1.807) is 11.6 Å². The maximum Gasteiger partial charge on any atom is 0.266 e. The van der Waals surface area contributed by atoms with E-state index in [4.69, 9.17) is 21.1 Å². The molecule has 1 saturated heterocycles. The van der Waals surface area contributed by atoms with E-state index in [9.17, 15) is 4.79 Å². The van der Waals surface area contributed by atoms with Crippen molar-refractivity contribution in [3.63, 3.8) is 0 Å². The highest BCUT2D eigenvalue weighted by atomic mass is 35.5. The largest absolute Gasteiger partial charge is 0.493 e. The average Bonchev–Trinajstić information content (AvgIpc) is 3.37. The van der Waals surface area contributed by atoms with Crippen LogP contribution in [0, 0.1) is 6.92 Å². The first-order valence-corrected chi connectivity index (χ1v) is 10.6. The Labute approximate surface area is 177 Å². The molecule has 1 atom stereocenters. The normalized spacial score (nSPS) is 16.8. The van der Waals surface area contributed by atoms with Crippen LogP contribution in [0.2, 0.25) is 5.02 Å². The minimum atomic E-state index is -0.250. The van der Waals surface area contributed by atoms with Crippen LogP contribution in [0.25, 0.3) is 0 Å². The van der Waals surface area contributed by atoms with Crippen LogP contribution >= 0.6 is 22.9 Å². The van der Waals surface area contributed by atoms with Gasteiger partial charge in [-0.3, -0.25) is 9.89 Å². The summed E-state index contributed by atoms with van der Waals surface area (Å²) in [6, 6.07) is 9.29. The molecule has 0 bridgehead atoms. The zero-order valence-corrected chi connectivity index (χ0v) is 17.5. The van der Waals surface area contributed by atoms with Crippen LogP contribution in [0.15, 0.2) is 35.8 Å². The third-order valence-corrected chi connectivity index (χ3v) is 5.86. The van der Waals surface area contributed by atoms with Gasteiger partial charge in [0.1, 0.15) is 16.7 Å². The molecular formula is C20H21ClN4O3S. The summed E-state index contributed by atoms with van der Waals surface area (Å²) in [4.78, 5) is 19.4. The number of nitrogens with one attached hydrogen (secondary N) is 1. The zero-order chi connectivity index (χ0) is 20.2. The third kappa shape index (κ3) is 4.77. The van der Waals surface area contributed by atoms with Gasteiger partial charge >= 0.3 is 0 Å². The summed E-state index contributed by atoms with van der Waals surface area (Å²) in [6.07, 6.45) is 0.425. The van der Waals surface area contributed by atoms with Gasteiger partial charge in [-0.25, -0.2) is 4.98 Å². The van der Waals surface area contributed by atoms with Crippen LogP contribution in [0.1, 0.15) is 32.9 Å². The van der Waals surface area contributed by atoms with E-state index < -0.39 is 0 Å². The molecule has 2 aromatic heterocycles. The van der Waals surface area contributed by atoms with Crippen molar-refractivity contribution in [2.75, 3.05) is 26.3 Å². The number of rotatable bonds is 6. The molecular weight excluding hydrogens is 412 g/mol. The number of halogens is 1. The topological polar surface area (TPSA) is 80.3 Å². The number of hydrogen-bond donors (Lipinski definition) is 1. The molecule has 0 spiro atoms. The number of nitrogens with zero attached hydrogens (tertiary/aromatic N) is 3. The highest BCUT2D eigenvalue weighted by molar-refractivity contribution is 7.11. The molecule has 4 rings (SSSR count). The molecule has 0 saturated carbocycles. The fraction of sp³-hybridized carbons (Fsp3) is 0.350. The summed E-state index contributed by atoms with van der Waals surface area (Å²) >= 11 is 7.34. The average molecular weight is 433 g/mol. The van der Waals surface area contributed by atoms with Gasteiger partial charge in [-0.15, -0.1) is 11.3 Å². The third-order valence-electron chi connectivity index (χ3n) is 4.71. The van der Waals surface area contributed by atoms with Gasteiger partial charge in [-0.1, -0.05) is 17.7 Å². The van der Waals surface area contributed by atoms with E-state index >= 15 is 0 Å². The van der Waals surface area contributed by atoms with E-state index in [0.29, 0.717) is 42.6 Å². The predicted octanol–water partition coefficient (Wildman–Crippen LogP) is 3.66. The molecule has 29 heavy (non-hydrogen) atoms. The first-order chi connectivity index (χ1) is 14.1. The molecule has 0 aliphatic carbocycles. The molecule has 3 heterocycles.